The summed E-state index contributed by atoms with van der Waals surface area (Å²) in [7, 11) is 0. The zero-order chi connectivity index (χ0) is 13.1. The molecule has 18 heavy (non-hydrogen) atoms. The van der Waals surface area contributed by atoms with Gasteiger partial charge < -0.3 is 10.6 Å². The van der Waals surface area contributed by atoms with Crippen LogP contribution < -0.4 is 5.73 Å². The summed E-state index contributed by atoms with van der Waals surface area (Å²) in [6.07, 6.45) is 3.30. The number of rotatable bonds is 2. The van der Waals surface area contributed by atoms with Crippen molar-refractivity contribution in [2.24, 2.45) is 5.73 Å². The molecule has 1 atom stereocenters. The van der Waals surface area contributed by atoms with Crippen LogP contribution in [0.5, 0.6) is 0 Å². The highest BCUT2D eigenvalue weighted by Crippen LogP contribution is 2.21. The fraction of sp³-hybridized carbons (Fsp3) is 0.533. The van der Waals surface area contributed by atoms with Crippen LogP contribution in [0.25, 0.3) is 0 Å². The van der Waals surface area contributed by atoms with E-state index in [1.54, 1.807) is 0 Å². The Morgan fingerprint density at radius 3 is 2.83 bits per heavy atom. The van der Waals surface area contributed by atoms with Crippen LogP contribution in [0.2, 0.25) is 0 Å². The van der Waals surface area contributed by atoms with Gasteiger partial charge in [0.25, 0.3) is 5.91 Å². The lowest BCUT2D eigenvalue weighted by molar-refractivity contribution is 0.0622. The Hall–Kier alpha value is -1.35. The first-order valence-electron chi connectivity index (χ1n) is 6.71. The van der Waals surface area contributed by atoms with Gasteiger partial charge in [0.2, 0.25) is 0 Å². The summed E-state index contributed by atoms with van der Waals surface area (Å²) in [5.41, 5.74) is 8.85. The van der Waals surface area contributed by atoms with Crippen molar-refractivity contribution >= 4 is 5.91 Å². The lowest BCUT2D eigenvalue weighted by Gasteiger charge is -2.35. The van der Waals surface area contributed by atoms with Gasteiger partial charge in [-0.2, -0.15) is 0 Å². The third-order valence-electron chi connectivity index (χ3n) is 3.77. The monoisotopic (exact) mass is 246 g/mol. The second-order valence-corrected chi connectivity index (χ2v) is 5.20. The lowest BCUT2D eigenvalue weighted by Crippen LogP contribution is -2.47. The number of amides is 1. The van der Waals surface area contributed by atoms with Crippen molar-refractivity contribution in [2.75, 3.05) is 13.1 Å². The first-order valence-corrected chi connectivity index (χ1v) is 6.71. The van der Waals surface area contributed by atoms with Gasteiger partial charge in [0, 0.05) is 24.7 Å². The number of likely N-dealkylation sites (tertiary alicyclic amines) is 1. The maximum atomic E-state index is 12.6. The van der Waals surface area contributed by atoms with Gasteiger partial charge >= 0.3 is 0 Å². The molecule has 1 amide bonds. The molecule has 0 radical (unpaired) electrons. The van der Waals surface area contributed by atoms with Gasteiger partial charge in [-0.1, -0.05) is 17.7 Å². The van der Waals surface area contributed by atoms with E-state index in [-0.39, 0.29) is 11.9 Å². The van der Waals surface area contributed by atoms with E-state index in [9.17, 15) is 4.79 Å². The molecular formula is C15H22N2O. The first kappa shape index (κ1) is 13.1. The molecule has 1 fully saturated rings. The standard InChI is InChI=1S/C15H22N2O/c1-11-6-7-14(12(2)9-11)15(18)17-8-4-3-5-13(17)10-16/h6-7,9,13H,3-5,8,10,16H2,1-2H3/t13-/m1/s1. The van der Waals surface area contributed by atoms with E-state index in [1.165, 1.54) is 12.0 Å². The number of nitrogens with two attached hydrogens (primary N) is 1. The molecule has 1 heterocycles. The minimum absolute atomic E-state index is 0.141. The van der Waals surface area contributed by atoms with Gasteiger partial charge in [0.15, 0.2) is 0 Å². The molecule has 3 nitrogen and oxygen atoms in total. The van der Waals surface area contributed by atoms with Gasteiger partial charge in [-0.15, -0.1) is 0 Å². The first-order chi connectivity index (χ1) is 8.63. The normalized spacial score (nSPS) is 19.9. The van der Waals surface area contributed by atoms with Gasteiger partial charge in [-0.05, 0) is 44.7 Å². The maximum Gasteiger partial charge on any atom is 0.254 e. The molecule has 0 unspecified atom stereocenters. The number of hydrogen-bond donors (Lipinski definition) is 1. The lowest BCUT2D eigenvalue weighted by atomic mass is 9.99. The number of nitrogens with zero attached hydrogens (tertiary/aromatic N) is 1. The van der Waals surface area contributed by atoms with Crippen LogP contribution >= 0.6 is 0 Å². The van der Waals surface area contributed by atoms with Crippen molar-refractivity contribution in [1.82, 2.24) is 4.90 Å². The van der Waals surface area contributed by atoms with Crippen LogP contribution in [0.1, 0.15) is 40.7 Å². The smallest absolute Gasteiger partial charge is 0.254 e. The summed E-state index contributed by atoms with van der Waals surface area (Å²) in [5, 5.41) is 0. The average Bonchev–Trinajstić information content (AvgIpc) is 2.38. The van der Waals surface area contributed by atoms with E-state index in [0.717, 1.165) is 30.5 Å². The molecule has 2 N–H and O–H groups in total. The highest BCUT2D eigenvalue weighted by Gasteiger charge is 2.26. The quantitative estimate of drug-likeness (QED) is 0.870. The fourth-order valence-electron chi connectivity index (χ4n) is 2.72. The topological polar surface area (TPSA) is 46.3 Å². The van der Waals surface area contributed by atoms with E-state index in [4.69, 9.17) is 5.73 Å². The van der Waals surface area contributed by atoms with Crippen LogP contribution in [0, 0.1) is 13.8 Å². The van der Waals surface area contributed by atoms with Crippen LogP contribution in [0.15, 0.2) is 18.2 Å². The summed E-state index contributed by atoms with van der Waals surface area (Å²) in [4.78, 5) is 14.5. The van der Waals surface area contributed by atoms with E-state index >= 15 is 0 Å². The SMILES string of the molecule is Cc1ccc(C(=O)N2CCCC[C@@H]2CN)c(C)c1. The van der Waals surface area contributed by atoms with Gasteiger partial charge in [-0.25, -0.2) is 0 Å². The van der Waals surface area contributed by atoms with Crippen LogP contribution in [-0.4, -0.2) is 29.9 Å². The van der Waals surface area contributed by atoms with Crippen LogP contribution in [-0.2, 0) is 0 Å². The molecule has 3 heteroatoms. The van der Waals surface area contributed by atoms with Crippen LogP contribution in [0.4, 0.5) is 0 Å². The minimum Gasteiger partial charge on any atom is -0.334 e. The van der Waals surface area contributed by atoms with Crippen LogP contribution in [0.3, 0.4) is 0 Å². The number of carbonyl (C=O) groups excluding carboxylic acids is 1. The molecule has 0 aliphatic carbocycles. The van der Waals surface area contributed by atoms with E-state index in [2.05, 4.69) is 6.07 Å². The highest BCUT2D eigenvalue weighted by atomic mass is 16.2. The minimum atomic E-state index is 0.141. The Kier molecular flexibility index (Phi) is 4.02. The Balaban J connectivity index is 2.24. The molecule has 0 aromatic heterocycles. The Bertz CT molecular complexity index is 442. The largest absolute Gasteiger partial charge is 0.334 e. The Labute approximate surface area is 109 Å². The number of benzene rings is 1. The maximum absolute atomic E-state index is 12.6. The summed E-state index contributed by atoms with van der Waals surface area (Å²) < 4.78 is 0. The van der Waals surface area contributed by atoms with Gasteiger partial charge in [0.05, 0.1) is 0 Å². The van der Waals surface area contributed by atoms with Crippen molar-refractivity contribution in [3.8, 4) is 0 Å². The molecule has 0 saturated carbocycles. The van der Waals surface area contributed by atoms with Crippen molar-refractivity contribution in [2.45, 2.75) is 39.2 Å². The summed E-state index contributed by atoms with van der Waals surface area (Å²) in [6, 6.07) is 6.22. The summed E-state index contributed by atoms with van der Waals surface area (Å²) >= 11 is 0. The van der Waals surface area contributed by atoms with Gasteiger partial charge in [0.1, 0.15) is 0 Å². The molecule has 1 aromatic carbocycles. The molecule has 0 bridgehead atoms. The van der Waals surface area contributed by atoms with E-state index in [0.29, 0.717) is 6.54 Å². The zero-order valence-electron chi connectivity index (χ0n) is 11.3. The summed E-state index contributed by atoms with van der Waals surface area (Å²) in [6.45, 7) is 5.46. The average molecular weight is 246 g/mol. The molecule has 2 rings (SSSR count). The van der Waals surface area contributed by atoms with Crippen molar-refractivity contribution < 1.29 is 4.79 Å². The van der Waals surface area contributed by atoms with Crippen molar-refractivity contribution in [3.05, 3.63) is 34.9 Å². The predicted molar refractivity (Wildman–Crippen MR) is 73.6 cm³/mol. The number of hydrogen-bond acceptors (Lipinski definition) is 2. The zero-order valence-corrected chi connectivity index (χ0v) is 11.3. The third-order valence-corrected chi connectivity index (χ3v) is 3.77. The molecule has 1 aromatic rings. The number of piperidine rings is 1. The molecule has 1 aliphatic heterocycles. The van der Waals surface area contributed by atoms with E-state index < -0.39 is 0 Å². The second-order valence-electron chi connectivity index (χ2n) is 5.20. The van der Waals surface area contributed by atoms with Crippen molar-refractivity contribution in [3.63, 3.8) is 0 Å². The number of carbonyl (C=O) groups is 1. The highest BCUT2D eigenvalue weighted by molar-refractivity contribution is 5.96. The number of aryl methyl sites for hydroxylation is 2. The fourth-order valence-corrected chi connectivity index (χ4v) is 2.72. The Morgan fingerprint density at radius 2 is 2.17 bits per heavy atom. The third kappa shape index (κ3) is 2.56. The van der Waals surface area contributed by atoms with Gasteiger partial charge in [-0.3, -0.25) is 4.79 Å². The molecule has 1 aliphatic rings. The predicted octanol–water partition coefficient (Wildman–Crippen LogP) is 2.26. The molecule has 0 spiro atoms. The summed E-state index contributed by atoms with van der Waals surface area (Å²) in [5.74, 6) is 0.141. The molecule has 98 valence electrons. The Morgan fingerprint density at radius 1 is 1.39 bits per heavy atom. The van der Waals surface area contributed by atoms with Crippen molar-refractivity contribution in [1.29, 1.82) is 0 Å². The molecule has 1 saturated heterocycles. The second kappa shape index (κ2) is 5.53. The van der Waals surface area contributed by atoms with E-state index in [1.807, 2.05) is 30.9 Å². The molecular weight excluding hydrogens is 224 g/mol.